The van der Waals surface area contributed by atoms with Gasteiger partial charge in [0.15, 0.2) is 11.9 Å². The third kappa shape index (κ3) is 6.58. The molecule has 3 N–H and O–H groups in total. The summed E-state index contributed by atoms with van der Waals surface area (Å²) in [5.74, 6) is -2.36. The molecular formula is C17H25N3O6. The van der Waals surface area contributed by atoms with Crippen LogP contribution in [0.3, 0.4) is 0 Å². The Balaban J connectivity index is 2.64. The second-order valence-corrected chi connectivity index (χ2v) is 6.37. The van der Waals surface area contributed by atoms with E-state index in [-0.39, 0.29) is 17.7 Å². The zero-order chi connectivity index (χ0) is 19.9. The molecule has 1 heterocycles. The van der Waals surface area contributed by atoms with E-state index in [2.05, 4.69) is 16.0 Å². The van der Waals surface area contributed by atoms with E-state index < -0.39 is 36.0 Å². The Bertz CT molecular complexity index is 639. The minimum atomic E-state index is -1.21. The molecule has 4 amide bonds. The maximum atomic E-state index is 12.3. The van der Waals surface area contributed by atoms with Crippen molar-refractivity contribution in [3.8, 4) is 0 Å². The largest absolute Gasteiger partial charge is 0.459 e. The molecule has 0 bridgehead atoms. The minimum absolute atomic E-state index is 0.0552. The van der Waals surface area contributed by atoms with Crippen molar-refractivity contribution in [2.45, 2.75) is 52.8 Å². The molecule has 0 saturated heterocycles. The number of urea groups is 1. The summed E-state index contributed by atoms with van der Waals surface area (Å²) in [5.41, 5.74) is 0. The van der Waals surface area contributed by atoms with Crippen LogP contribution in [0.25, 0.3) is 0 Å². The molecule has 0 aromatic carbocycles. The lowest BCUT2D eigenvalue weighted by Crippen LogP contribution is -2.49. The predicted molar refractivity (Wildman–Crippen MR) is 92.2 cm³/mol. The molecule has 0 unspecified atom stereocenters. The van der Waals surface area contributed by atoms with Crippen molar-refractivity contribution in [3.63, 3.8) is 0 Å². The molecule has 0 spiro atoms. The van der Waals surface area contributed by atoms with Gasteiger partial charge in [-0.3, -0.25) is 14.9 Å². The number of hydrogen-bond acceptors (Lipinski definition) is 6. The van der Waals surface area contributed by atoms with Crippen LogP contribution < -0.4 is 16.0 Å². The Morgan fingerprint density at radius 1 is 1.04 bits per heavy atom. The van der Waals surface area contributed by atoms with Crippen LogP contribution in [-0.2, 0) is 14.3 Å². The van der Waals surface area contributed by atoms with E-state index in [4.69, 9.17) is 9.15 Å². The number of imide groups is 1. The number of nitrogens with one attached hydrogen (secondary N) is 3. The fourth-order valence-electron chi connectivity index (χ4n) is 1.93. The van der Waals surface area contributed by atoms with Gasteiger partial charge in [-0.25, -0.2) is 9.59 Å². The number of carbonyl (C=O) groups excluding carboxylic acids is 4. The standard InChI is InChI=1S/C17H25N3O6/c1-9(2)13(19-15(22)12-7-6-8-25-12)16(23)26-11(5)14(21)20-17(24)18-10(3)4/h6-11,13H,1-5H3,(H,19,22)(H2,18,20,21,24)/t11-,13+/m1/s1. The van der Waals surface area contributed by atoms with Gasteiger partial charge >= 0.3 is 12.0 Å². The predicted octanol–water partition coefficient (Wildman–Crippen LogP) is 1.20. The summed E-state index contributed by atoms with van der Waals surface area (Å²) in [6.45, 7) is 8.25. The maximum absolute atomic E-state index is 12.3. The first-order chi connectivity index (χ1) is 12.1. The first-order valence-electron chi connectivity index (χ1n) is 8.28. The zero-order valence-electron chi connectivity index (χ0n) is 15.5. The van der Waals surface area contributed by atoms with Crippen molar-refractivity contribution >= 4 is 23.8 Å². The normalized spacial score (nSPS) is 13.0. The topological polar surface area (TPSA) is 127 Å². The molecule has 9 heteroatoms. The Morgan fingerprint density at radius 2 is 1.69 bits per heavy atom. The number of rotatable bonds is 7. The Labute approximate surface area is 151 Å². The number of esters is 1. The van der Waals surface area contributed by atoms with Gasteiger partial charge in [-0.15, -0.1) is 0 Å². The summed E-state index contributed by atoms with van der Waals surface area (Å²) in [7, 11) is 0. The highest BCUT2D eigenvalue weighted by Crippen LogP contribution is 2.08. The van der Waals surface area contributed by atoms with Crippen molar-refractivity contribution in [1.29, 1.82) is 0 Å². The van der Waals surface area contributed by atoms with E-state index in [0.717, 1.165) is 0 Å². The fourth-order valence-corrected chi connectivity index (χ4v) is 1.93. The first kappa shape index (κ1) is 21.2. The molecule has 26 heavy (non-hydrogen) atoms. The Morgan fingerprint density at radius 3 is 2.19 bits per heavy atom. The van der Waals surface area contributed by atoms with Crippen LogP contribution in [-0.4, -0.2) is 42.0 Å². The molecule has 1 rings (SSSR count). The Hall–Kier alpha value is -2.84. The lowest BCUT2D eigenvalue weighted by atomic mass is 10.0. The molecule has 0 radical (unpaired) electrons. The minimum Gasteiger partial charge on any atom is -0.459 e. The number of hydrogen-bond donors (Lipinski definition) is 3. The first-order valence-corrected chi connectivity index (χ1v) is 8.28. The second kappa shape index (κ2) is 9.59. The molecule has 0 fully saturated rings. The van der Waals surface area contributed by atoms with Crippen LogP contribution in [0.1, 0.15) is 45.2 Å². The third-order valence-corrected chi connectivity index (χ3v) is 3.27. The van der Waals surface area contributed by atoms with Crippen LogP contribution in [0.5, 0.6) is 0 Å². The number of amides is 4. The molecule has 144 valence electrons. The Kier molecular flexibility index (Phi) is 7.82. The summed E-state index contributed by atoms with van der Waals surface area (Å²) >= 11 is 0. The summed E-state index contributed by atoms with van der Waals surface area (Å²) in [6.07, 6.45) is 0.133. The van der Waals surface area contributed by atoms with Crippen molar-refractivity contribution < 1.29 is 28.3 Å². The van der Waals surface area contributed by atoms with Crippen LogP contribution in [0.4, 0.5) is 4.79 Å². The molecule has 0 aliphatic heterocycles. The summed E-state index contributed by atoms with van der Waals surface area (Å²) in [6, 6.07) is 1.20. The zero-order valence-corrected chi connectivity index (χ0v) is 15.5. The summed E-state index contributed by atoms with van der Waals surface area (Å²) in [4.78, 5) is 47.8. The molecule has 0 aliphatic rings. The maximum Gasteiger partial charge on any atom is 0.329 e. The van der Waals surface area contributed by atoms with Gasteiger partial charge in [-0.2, -0.15) is 0 Å². The van der Waals surface area contributed by atoms with E-state index in [1.807, 2.05) is 0 Å². The molecule has 1 aromatic heterocycles. The van der Waals surface area contributed by atoms with Gasteiger partial charge in [-0.1, -0.05) is 13.8 Å². The highest BCUT2D eigenvalue weighted by molar-refractivity contribution is 5.98. The van der Waals surface area contributed by atoms with Gasteiger partial charge in [0.1, 0.15) is 6.04 Å². The van der Waals surface area contributed by atoms with Crippen LogP contribution in [0.15, 0.2) is 22.8 Å². The summed E-state index contributed by atoms with van der Waals surface area (Å²) in [5, 5.41) is 7.08. The average molecular weight is 367 g/mol. The van der Waals surface area contributed by atoms with Crippen molar-refractivity contribution in [2.24, 2.45) is 5.92 Å². The molecule has 9 nitrogen and oxygen atoms in total. The van der Waals surface area contributed by atoms with E-state index in [0.29, 0.717) is 0 Å². The van der Waals surface area contributed by atoms with E-state index in [1.54, 1.807) is 33.8 Å². The smallest absolute Gasteiger partial charge is 0.329 e. The van der Waals surface area contributed by atoms with Gasteiger partial charge in [0, 0.05) is 6.04 Å². The van der Waals surface area contributed by atoms with Crippen molar-refractivity contribution in [2.75, 3.05) is 0 Å². The molecule has 0 saturated carbocycles. The van der Waals surface area contributed by atoms with Gasteiger partial charge < -0.3 is 19.8 Å². The number of furan rings is 1. The van der Waals surface area contributed by atoms with Gasteiger partial charge in [-0.05, 0) is 38.8 Å². The molecule has 2 atom stereocenters. The van der Waals surface area contributed by atoms with E-state index in [1.165, 1.54) is 19.3 Å². The highest BCUT2D eigenvalue weighted by Gasteiger charge is 2.30. The van der Waals surface area contributed by atoms with Crippen LogP contribution >= 0.6 is 0 Å². The lowest BCUT2D eigenvalue weighted by Gasteiger charge is -2.22. The second-order valence-electron chi connectivity index (χ2n) is 6.37. The SMILES string of the molecule is CC(C)NC(=O)NC(=O)[C@@H](C)OC(=O)[C@@H](NC(=O)c1ccco1)C(C)C. The van der Waals surface area contributed by atoms with Gasteiger partial charge in [0.2, 0.25) is 0 Å². The van der Waals surface area contributed by atoms with E-state index in [9.17, 15) is 19.2 Å². The number of ether oxygens (including phenoxy) is 1. The molecule has 0 aliphatic carbocycles. The highest BCUT2D eigenvalue weighted by atomic mass is 16.5. The lowest BCUT2D eigenvalue weighted by molar-refractivity contribution is -0.157. The monoisotopic (exact) mass is 367 g/mol. The molecular weight excluding hydrogens is 342 g/mol. The fraction of sp³-hybridized carbons (Fsp3) is 0.529. The number of carbonyl (C=O) groups is 4. The van der Waals surface area contributed by atoms with Crippen LogP contribution in [0.2, 0.25) is 0 Å². The summed E-state index contributed by atoms with van der Waals surface area (Å²) < 4.78 is 10.1. The third-order valence-electron chi connectivity index (χ3n) is 3.27. The van der Waals surface area contributed by atoms with Gasteiger partial charge in [0.05, 0.1) is 6.26 Å². The van der Waals surface area contributed by atoms with Crippen molar-refractivity contribution in [1.82, 2.24) is 16.0 Å². The van der Waals surface area contributed by atoms with Crippen LogP contribution in [0, 0.1) is 5.92 Å². The average Bonchev–Trinajstić information content (AvgIpc) is 3.05. The quantitative estimate of drug-likeness (QED) is 0.622. The van der Waals surface area contributed by atoms with E-state index >= 15 is 0 Å². The van der Waals surface area contributed by atoms with Gasteiger partial charge in [0.25, 0.3) is 11.8 Å². The van der Waals surface area contributed by atoms with Crippen molar-refractivity contribution in [3.05, 3.63) is 24.2 Å². The molecule has 1 aromatic rings.